The molecular formula is C14H9N3OPbS. The first-order valence-corrected chi connectivity index (χ1v) is 6.50. The van der Waals surface area contributed by atoms with Gasteiger partial charge in [0, 0.05) is 16.0 Å². The van der Waals surface area contributed by atoms with E-state index in [9.17, 15) is 5.11 Å². The van der Waals surface area contributed by atoms with Gasteiger partial charge in [-0.3, -0.25) is 5.10 Å². The second-order valence-corrected chi connectivity index (χ2v) is 4.86. The molecule has 20 heavy (non-hydrogen) atoms. The van der Waals surface area contributed by atoms with Crippen LogP contribution in [-0.2, 0) is 0 Å². The van der Waals surface area contributed by atoms with Gasteiger partial charge in [0.05, 0.1) is 0 Å². The topological polar surface area (TPSA) is 62.4 Å². The standard InChI is InChI=1S/C14H10N3OS.Pb/c18-12-7-3-1-5-10(12)9-15-17-14-16-11-6-2-4-8-13(11)19-14;/h1-9H,(H-,15,16,17,18);/q-1;+2/p-1. The minimum Gasteiger partial charge on any atom is -0.872 e. The molecule has 1 aromatic heterocycles. The summed E-state index contributed by atoms with van der Waals surface area (Å²) in [6.45, 7) is 0. The first-order chi connectivity index (χ1) is 9.33. The molecule has 0 aliphatic heterocycles. The molecule has 96 valence electrons. The monoisotopic (exact) mass is 475 g/mol. The SMILES string of the molecule is [O-]c1ccccc1/C=N/[N-]c1nc2ccccc2s1.[Pb+2]. The van der Waals surface area contributed by atoms with Gasteiger partial charge in [-0.05, 0) is 17.1 Å². The minimum atomic E-state index is -0.0641. The van der Waals surface area contributed by atoms with E-state index in [1.165, 1.54) is 23.6 Å². The van der Waals surface area contributed by atoms with Crippen molar-refractivity contribution in [1.29, 1.82) is 0 Å². The fourth-order valence-corrected chi connectivity index (χ4v) is 2.42. The van der Waals surface area contributed by atoms with Crippen LogP contribution in [0.25, 0.3) is 15.6 Å². The third-order valence-corrected chi connectivity index (χ3v) is 3.46. The largest absolute Gasteiger partial charge is 2.00 e. The molecule has 4 nitrogen and oxygen atoms in total. The van der Waals surface area contributed by atoms with Gasteiger partial charge >= 0.3 is 27.3 Å². The molecule has 0 saturated heterocycles. The number of hydrogen-bond acceptors (Lipinski definition) is 4. The van der Waals surface area contributed by atoms with Crippen molar-refractivity contribution < 1.29 is 5.11 Å². The Labute approximate surface area is 140 Å². The maximum Gasteiger partial charge on any atom is 2.00 e. The molecular weight excluding hydrogens is 465 g/mol. The van der Waals surface area contributed by atoms with E-state index >= 15 is 0 Å². The van der Waals surface area contributed by atoms with Gasteiger partial charge in [-0.15, -0.1) is 17.1 Å². The summed E-state index contributed by atoms with van der Waals surface area (Å²) in [5, 5.41) is 16.0. The van der Waals surface area contributed by atoms with E-state index in [1.807, 2.05) is 24.3 Å². The third-order valence-electron chi connectivity index (χ3n) is 2.54. The molecule has 0 spiro atoms. The normalized spacial score (nSPS) is 10.6. The zero-order valence-electron chi connectivity index (χ0n) is 10.4. The maximum absolute atomic E-state index is 11.5. The van der Waals surface area contributed by atoms with E-state index in [1.54, 1.807) is 18.2 Å². The minimum absolute atomic E-state index is 0. The van der Waals surface area contributed by atoms with Gasteiger partial charge in [-0.2, -0.15) is 0 Å². The van der Waals surface area contributed by atoms with Crippen LogP contribution in [0.2, 0.25) is 0 Å². The van der Waals surface area contributed by atoms with Crippen LogP contribution in [0.3, 0.4) is 0 Å². The van der Waals surface area contributed by atoms with Gasteiger partial charge in [0.25, 0.3) is 0 Å². The van der Waals surface area contributed by atoms with Gasteiger partial charge in [0.2, 0.25) is 0 Å². The number of hydrogen-bond donors (Lipinski definition) is 0. The molecule has 0 amide bonds. The number of benzene rings is 2. The van der Waals surface area contributed by atoms with Crippen LogP contribution in [0.5, 0.6) is 5.75 Å². The molecule has 1 heterocycles. The van der Waals surface area contributed by atoms with Gasteiger partial charge in [0.1, 0.15) is 0 Å². The maximum atomic E-state index is 11.5. The van der Waals surface area contributed by atoms with E-state index in [2.05, 4.69) is 15.5 Å². The molecule has 3 aromatic rings. The average molecular weight is 475 g/mol. The molecule has 2 aromatic carbocycles. The molecule has 3 rings (SSSR count). The molecule has 0 atom stereocenters. The van der Waals surface area contributed by atoms with E-state index in [4.69, 9.17) is 0 Å². The number of thiazole rings is 1. The third kappa shape index (κ3) is 3.34. The van der Waals surface area contributed by atoms with Crippen molar-refractivity contribution in [2.24, 2.45) is 5.10 Å². The summed E-state index contributed by atoms with van der Waals surface area (Å²) in [5.74, 6) is -0.0641. The summed E-state index contributed by atoms with van der Waals surface area (Å²) in [6, 6.07) is 14.5. The number of rotatable bonds is 3. The van der Waals surface area contributed by atoms with Gasteiger partial charge in [0.15, 0.2) is 0 Å². The van der Waals surface area contributed by atoms with Crippen molar-refractivity contribution in [3.05, 3.63) is 59.5 Å². The Kier molecular flexibility index (Phi) is 5.07. The average Bonchev–Trinajstić information content (AvgIpc) is 2.83. The molecule has 6 heteroatoms. The van der Waals surface area contributed by atoms with E-state index in [-0.39, 0.29) is 33.0 Å². The van der Waals surface area contributed by atoms with Crippen LogP contribution in [0.4, 0.5) is 5.13 Å². The number of fused-ring (bicyclic) bond motifs is 1. The molecule has 0 saturated carbocycles. The Morgan fingerprint density at radius 1 is 1.10 bits per heavy atom. The van der Waals surface area contributed by atoms with Crippen molar-refractivity contribution >= 4 is 60.2 Å². The summed E-state index contributed by atoms with van der Waals surface area (Å²) < 4.78 is 1.07. The number of para-hydroxylation sites is 2. The van der Waals surface area contributed by atoms with Crippen molar-refractivity contribution in [3.8, 4) is 5.75 Å². The molecule has 0 fully saturated rings. The molecule has 2 radical (unpaired) electrons. The van der Waals surface area contributed by atoms with Crippen LogP contribution >= 0.6 is 11.3 Å². The fourth-order valence-electron chi connectivity index (χ4n) is 1.63. The Morgan fingerprint density at radius 3 is 2.65 bits per heavy atom. The smallest absolute Gasteiger partial charge is 0.872 e. The molecule has 0 bridgehead atoms. The summed E-state index contributed by atoms with van der Waals surface area (Å²) in [5.41, 5.74) is 5.45. The summed E-state index contributed by atoms with van der Waals surface area (Å²) in [7, 11) is 0. The summed E-state index contributed by atoms with van der Waals surface area (Å²) >= 11 is 1.47. The van der Waals surface area contributed by atoms with Crippen molar-refractivity contribution in [2.75, 3.05) is 0 Å². The summed E-state index contributed by atoms with van der Waals surface area (Å²) in [4.78, 5) is 4.33. The Morgan fingerprint density at radius 2 is 1.85 bits per heavy atom. The molecule has 0 N–H and O–H groups in total. The van der Waals surface area contributed by atoms with Crippen LogP contribution in [0, 0.1) is 0 Å². The predicted octanol–water partition coefficient (Wildman–Crippen LogP) is 3.03. The predicted molar refractivity (Wildman–Crippen MR) is 81.9 cm³/mol. The van der Waals surface area contributed by atoms with Crippen LogP contribution < -0.4 is 5.11 Å². The first kappa shape index (κ1) is 14.9. The fraction of sp³-hybridized carbons (Fsp3) is 0. The number of nitrogens with zero attached hydrogens (tertiary/aromatic N) is 3. The number of aromatic nitrogens is 1. The zero-order chi connectivity index (χ0) is 13.1. The van der Waals surface area contributed by atoms with Crippen molar-refractivity contribution in [3.63, 3.8) is 0 Å². The zero-order valence-corrected chi connectivity index (χ0v) is 15.1. The van der Waals surface area contributed by atoms with E-state index in [0.717, 1.165) is 10.2 Å². The second kappa shape index (κ2) is 6.80. The van der Waals surface area contributed by atoms with E-state index in [0.29, 0.717) is 10.7 Å². The van der Waals surface area contributed by atoms with Crippen LogP contribution in [-0.4, -0.2) is 38.5 Å². The first-order valence-electron chi connectivity index (χ1n) is 5.68. The summed E-state index contributed by atoms with van der Waals surface area (Å²) in [6.07, 6.45) is 1.45. The Balaban J connectivity index is 0.00000147. The van der Waals surface area contributed by atoms with E-state index < -0.39 is 0 Å². The Bertz CT molecular complexity index is 709. The second-order valence-electron chi connectivity index (χ2n) is 3.85. The Hall–Kier alpha value is -1.48. The molecule has 0 aliphatic carbocycles. The van der Waals surface area contributed by atoms with Gasteiger partial charge in [-0.25, -0.2) is 0 Å². The molecule has 0 unspecified atom stereocenters. The van der Waals surface area contributed by atoms with Crippen LogP contribution in [0.1, 0.15) is 5.56 Å². The van der Waals surface area contributed by atoms with Gasteiger partial charge in [-0.1, -0.05) is 42.5 Å². The van der Waals surface area contributed by atoms with Gasteiger partial charge < -0.3 is 15.5 Å². The van der Waals surface area contributed by atoms with Crippen LogP contribution in [0.15, 0.2) is 53.6 Å². The quantitative estimate of drug-likeness (QED) is 0.333. The molecule has 0 aliphatic rings. The van der Waals surface area contributed by atoms with Crippen molar-refractivity contribution in [1.82, 2.24) is 4.98 Å². The van der Waals surface area contributed by atoms with Crippen molar-refractivity contribution in [2.45, 2.75) is 0 Å².